The zero-order valence-electron chi connectivity index (χ0n) is 9.64. The maximum atomic E-state index is 11.2. The molecule has 1 atom stereocenters. The van der Waals surface area contributed by atoms with Crippen molar-refractivity contribution in [1.82, 2.24) is 5.32 Å². The first kappa shape index (κ1) is 13.4. The van der Waals surface area contributed by atoms with Crippen molar-refractivity contribution in [1.29, 1.82) is 0 Å². The van der Waals surface area contributed by atoms with Crippen LogP contribution >= 0.6 is 0 Å². The van der Waals surface area contributed by atoms with Crippen LogP contribution in [0.3, 0.4) is 0 Å². The number of rotatable bonds is 8. The van der Waals surface area contributed by atoms with Crippen molar-refractivity contribution < 1.29 is 9.53 Å². The number of nitrogens with one attached hydrogen (secondary N) is 1. The lowest BCUT2D eigenvalue weighted by molar-refractivity contribution is -0.143. The second-order valence-electron chi connectivity index (χ2n) is 3.49. The van der Waals surface area contributed by atoms with Crippen LogP contribution in [0.4, 0.5) is 0 Å². The second-order valence-corrected chi connectivity index (χ2v) is 3.49. The van der Waals surface area contributed by atoms with E-state index in [0.717, 1.165) is 6.42 Å². The molecule has 0 saturated heterocycles. The third-order valence-corrected chi connectivity index (χ3v) is 2.28. The van der Waals surface area contributed by atoms with E-state index in [9.17, 15) is 4.79 Å². The van der Waals surface area contributed by atoms with Crippen LogP contribution in [0.25, 0.3) is 0 Å². The lowest BCUT2D eigenvalue weighted by Crippen LogP contribution is -2.28. The Morgan fingerprint density at radius 3 is 2.57 bits per heavy atom. The molecular weight excluding hydrogens is 178 g/mol. The van der Waals surface area contributed by atoms with Gasteiger partial charge in [0.05, 0.1) is 13.0 Å². The average Bonchev–Trinajstić information content (AvgIpc) is 2.17. The van der Waals surface area contributed by atoms with E-state index in [1.807, 2.05) is 14.0 Å². The molecule has 0 radical (unpaired) electrons. The molecule has 3 nitrogen and oxygen atoms in total. The summed E-state index contributed by atoms with van der Waals surface area (Å²) in [5.74, 6) is -0.0941. The van der Waals surface area contributed by atoms with Crippen LogP contribution in [0.1, 0.15) is 46.0 Å². The van der Waals surface area contributed by atoms with E-state index in [4.69, 9.17) is 4.74 Å². The van der Waals surface area contributed by atoms with Crippen molar-refractivity contribution in [3.05, 3.63) is 0 Å². The molecule has 1 unspecified atom stereocenters. The van der Waals surface area contributed by atoms with Gasteiger partial charge >= 0.3 is 5.97 Å². The quantitative estimate of drug-likeness (QED) is 0.483. The van der Waals surface area contributed by atoms with Gasteiger partial charge in [0.2, 0.25) is 0 Å². The normalized spacial score (nSPS) is 12.5. The molecule has 0 aliphatic heterocycles. The van der Waals surface area contributed by atoms with Gasteiger partial charge < -0.3 is 10.1 Å². The number of esters is 1. The monoisotopic (exact) mass is 201 g/mol. The minimum absolute atomic E-state index is 0.0941. The van der Waals surface area contributed by atoms with Crippen molar-refractivity contribution in [3.63, 3.8) is 0 Å². The molecule has 0 bridgehead atoms. The summed E-state index contributed by atoms with van der Waals surface area (Å²) >= 11 is 0. The topological polar surface area (TPSA) is 38.3 Å². The van der Waals surface area contributed by atoms with E-state index in [0.29, 0.717) is 13.0 Å². The first-order chi connectivity index (χ1) is 6.74. The first-order valence-corrected chi connectivity index (χ1v) is 5.57. The van der Waals surface area contributed by atoms with Crippen molar-refractivity contribution in [3.8, 4) is 0 Å². The Balaban J connectivity index is 3.61. The van der Waals surface area contributed by atoms with Gasteiger partial charge in [-0.25, -0.2) is 0 Å². The molecule has 0 aromatic heterocycles. The van der Waals surface area contributed by atoms with Gasteiger partial charge in [-0.1, -0.05) is 26.2 Å². The molecule has 0 heterocycles. The van der Waals surface area contributed by atoms with Crippen LogP contribution in [0.2, 0.25) is 0 Å². The summed E-state index contributed by atoms with van der Waals surface area (Å²) in [4.78, 5) is 11.2. The predicted molar refractivity (Wildman–Crippen MR) is 58.2 cm³/mol. The molecule has 0 spiro atoms. The standard InChI is InChI=1S/C11H23NO2/c1-4-6-7-8-10(12-3)9-11(13)14-5-2/h10,12H,4-9H2,1-3H3. The summed E-state index contributed by atoms with van der Waals surface area (Å²) < 4.78 is 4.90. The minimum Gasteiger partial charge on any atom is -0.466 e. The maximum Gasteiger partial charge on any atom is 0.307 e. The summed E-state index contributed by atoms with van der Waals surface area (Å²) in [6.07, 6.45) is 5.19. The van der Waals surface area contributed by atoms with Gasteiger partial charge in [0, 0.05) is 6.04 Å². The molecule has 0 aromatic carbocycles. The third-order valence-electron chi connectivity index (χ3n) is 2.28. The SMILES string of the molecule is CCCCCC(CC(=O)OCC)NC. The fraction of sp³-hybridized carbons (Fsp3) is 0.909. The highest BCUT2D eigenvalue weighted by molar-refractivity contribution is 5.70. The molecule has 0 amide bonds. The molecule has 14 heavy (non-hydrogen) atoms. The predicted octanol–water partition coefficient (Wildman–Crippen LogP) is 2.11. The largest absolute Gasteiger partial charge is 0.466 e. The zero-order valence-corrected chi connectivity index (χ0v) is 9.64. The molecular formula is C11H23NO2. The summed E-state index contributed by atoms with van der Waals surface area (Å²) in [5.41, 5.74) is 0. The smallest absolute Gasteiger partial charge is 0.307 e. The number of ether oxygens (including phenoxy) is 1. The molecule has 0 fully saturated rings. The van der Waals surface area contributed by atoms with E-state index in [2.05, 4.69) is 12.2 Å². The van der Waals surface area contributed by atoms with Crippen molar-refractivity contribution in [2.24, 2.45) is 0 Å². The number of unbranched alkanes of at least 4 members (excludes halogenated alkanes) is 2. The fourth-order valence-electron chi connectivity index (χ4n) is 1.41. The highest BCUT2D eigenvalue weighted by Crippen LogP contribution is 2.06. The Hall–Kier alpha value is -0.570. The number of carbonyl (C=O) groups excluding carboxylic acids is 1. The van der Waals surface area contributed by atoms with Gasteiger partial charge in [-0.05, 0) is 20.4 Å². The Morgan fingerprint density at radius 1 is 1.36 bits per heavy atom. The van der Waals surface area contributed by atoms with Crippen LogP contribution < -0.4 is 5.32 Å². The molecule has 0 aliphatic rings. The van der Waals surface area contributed by atoms with E-state index >= 15 is 0 Å². The van der Waals surface area contributed by atoms with Crippen molar-refractivity contribution >= 4 is 5.97 Å². The number of hydrogen-bond donors (Lipinski definition) is 1. The van der Waals surface area contributed by atoms with Gasteiger partial charge in [-0.15, -0.1) is 0 Å². The van der Waals surface area contributed by atoms with Crippen LogP contribution in [-0.4, -0.2) is 25.7 Å². The Kier molecular flexibility index (Phi) is 8.64. The Labute approximate surface area is 87.2 Å². The third kappa shape index (κ3) is 6.89. The summed E-state index contributed by atoms with van der Waals surface area (Å²) in [7, 11) is 1.90. The number of hydrogen-bond acceptors (Lipinski definition) is 3. The van der Waals surface area contributed by atoms with Crippen molar-refractivity contribution in [2.45, 2.75) is 52.0 Å². The Morgan fingerprint density at radius 2 is 2.07 bits per heavy atom. The molecule has 0 aromatic rings. The first-order valence-electron chi connectivity index (χ1n) is 5.57. The molecule has 84 valence electrons. The van der Waals surface area contributed by atoms with Gasteiger partial charge in [0.15, 0.2) is 0 Å². The van der Waals surface area contributed by atoms with Crippen molar-refractivity contribution in [2.75, 3.05) is 13.7 Å². The van der Waals surface area contributed by atoms with Gasteiger partial charge in [-0.2, -0.15) is 0 Å². The number of carbonyl (C=O) groups is 1. The lowest BCUT2D eigenvalue weighted by atomic mass is 10.1. The van der Waals surface area contributed by atoms with Crippen LogP contribution in [0.15, 0.2) is 0 Å². The second kappa shape index (κ2) is 9.00. The summed E-state index contributed by atoms with van der Waals surface area (Å²) in [6.45, 7) is 4.49. The van der Waals surface area contributed by atoms with Gasteiger partial charge in [-0.3, -0.25) is 4.79 Å². The molecule has 1 N–H and O–H groups in total. The molecule has 0 rings (SSSR count). The summed E-state index contributed by atoms with van der Waals surface area (Å²) in [6, 6.07) is 0.278. The highest BCUT2D eigenvalue weighted by atomic mass is 16.5. The van der Waals surface area contributed by atoms with E-state index < -0.39 is 0 Å². The lowest BCUT2D eigenvalue weighted by Gasteiger charge is -2.14. The van der Waals surface area contributed by atoms with Crippen LogP contribution in [0.5, 0.6) is 0 Å². The van der Waals surface area contributed by atoms with E-state index in [1.165, 1.54) is 19.3 Å². The van der Waals surface area contributed by atoms with E-state index in [1.54, 1.807) is 0 Å². The minimum atomic E-state index is -0.0941. The molecule has 0 saturated carbocycles. The van der Waals surface area contributed by atoms with Gasteiger partial charge in [0.25, 0.3) is 0 Å². The van der Waals surface area contributed by atoms with Gasteiger partial charge in [0.1, 0.15) is 0 Å². The van der Waals surface area contributed by atoms with Crippen LogP contribution in [0, 0.1) is 0 Å². The highest BCUT2D eigenvalue weighted by Gasteiger charge is 2.11. The zero-order chi connectivity index (χ0) is 10.8. The fourth-order valence-corrected chi connectivity index (χ4v) is 1.41. The van der Waals surface area contributed by atoms with Crippen LogP contribution in [-0.2, 0) is 9.53 Å². The maximum absolute atomic E-state index is 11.2. The average molecular weight is 201 g/mol. The Bertz CT molecular complexity index is 148. The molecule has 3 heteroatoms. The molecule has 0 aliphatic carbocycles. The summed E-state index contributed by atoms with van der Waals surface area (Å²) in [5, 5.41) is 3.15. The van der Waals surface area contributed by atoms with E-state index in [-0.39, 0.29) is 12.0 Å².